The fourth-order valence-corrected chi connectivity index (χ4v) is 0.786. The first-order valence-corrected chi connectivity index (χ1v) is 4.01. The van der Waals surface area contributed by atoms with Crippen molar-refractivity contribution >= 4 is 5.91 Å². The van der Waals surface area contributed by atoms with Crippen molar-refractivity contribution in [2.45, 2.75) is 19.1 Å². The Balaban J connectivity index is 2.20. The van der Waals surface area contributed by atoms with Crippen molar-refractivity contribution in [3.63, 3.8) is 0 Å². The van der Waals surface area contributed by atoms with Crippen molar-refractivity contribution in [2.75, 3.05) is 6.54 Å². The number of aryl methyl sites for hydroxylation is 1. The van der Waals surface area contributed by atoms with Gasteiger partial charge >= 0.3 is 6.18 Å². The Morgan fingerprint density at radius 1 is 1.47 bits per heavy atom. The fourth-order valence-electron chi connectivity index (χ4n) is 0.786. The predicted octanol–water partition coefficient (Wildman–Crippen LogP) is -0.258. The Hall–Kier alpha value is -1.67. The molecule has 0 saturated carbocycles. The molecule has 1 aromatic rings. The number of hydrogen-bond donors (Lipinski definition) is 1. The average molecular weight is 223 g/mol. The Morgan fingerprint density at radius 3 is 2.73 bits per heavy atom. The van der Waals surface area contributed by atoms with Crippen LogP contribution in [0, 0.1) is 0 Å². The molecule has 0 aliphatic rings. The number of amides is 1. The van der Waals surface area contributed by atoms with Gasteiger partial charge in [0.1, 0.15) is 12.9 Å². The van der Waals surface area contributed by atoms with Crippen LogP contribution in [0.5, 0.6) is 0 Å². The van der Waals surface area contributed by atoms with E-state index in [1.165, 1.54) is 11.0 Å². The number of carbonyl (C=O) groups excluding carboxylic acids is 1. The summed E-state index contributed by atoms with van der Waals surface area (Å²) >= 11 is 0. The first-order valence-electron chi connectivity index (χ1n) is 4.01. The maximum absolute atomic E-state index is 11.7. The number of tetrazole rings is 1. The second-order valence-electron chi connectivity index (χ2n) is 2.71. The third kappa shape index (κ3) is 4.93. The lowest BCUT2D eigenvalue weighted by molar-refractivity contribution is -0.138. The zero-order valence-electron chi connectivity index (χ0n) is 7.53. The largest absolute Gasteiger partial charge is 0.405 e. The fraction of sp³-hybridized carbons (Fsp3) is 0.667. The molecule has 0 aromatic carbocycles. The van der Waals surface area contributed by atoms with Gasteiger partial charge in [0, 0.05) is 6.42 Å². The Morgan fingerprint density at radius 2 is 2.20 bits per heavy atom. The molecule has 0 fully saturated rings. The molecule has 6 nitrogen and oxygen atoms in total. The Kier molecular flexibility index (Phi) is 3.58. The van der Waals surface area contributed by atoms with Gasteiger partial charge in [0.2, 0.25) is 5.91 Å². The second kappa shape index (κ2) is 4.71. The van der Waals surface area contributed by atoms with Crippen molar-refractivity contribution in [1.29, 1.82) is 0 Å². The molecule has 1 N–H and O–H groups in total. The molecule has 1 rings (SSSR count). The maximum atomic E-state index is 11.7. The van der Waals surface area contributed by atoms with Crippen LogP contribution in [-0.2, 0) is 11.3 Å². The van der Waals surface area contributed by atoms with Gasteiger partial charge in [-0.2, -0.15) is 13.2 Å². The smallest absolute Gasteiger partial charge is 0.347 e. The molecule has 0 radical (unpaired) electrons. The number of rotatable bonds is 4. The van der Waals surface area contributed by atoms with Gasteiger partial charge in [-0.05, 0) is 10.4 Å². The highest BCUT2D eigenvalue weighted by molar-refractivity contribution is 5.75. The Labute approximate surface area is 82.4 Å². The topological polar surface area (TPSA) is 72.7 Å². The van der Waals surface area contributed by atoms with Gasteiger partial charge in [0.05, 0.1) is 6.54 Å². The van der Waals surface area contributed by atoms with Crippen molar-refractivity contribution in [1.82, 2.24) is 25.5 Å². The van der Waals surface area contributed by atoms with Gasteiger partial charge in [-0.3, -0.25) is 4.79 Å². The summed E-state index contributed by atoms with van der Waals surface area (Å²) in [4.78, 5) is 10.9. The molecule has 0 bridgehead atoms. The number of carbonyl (C=O) groups is 1. The average Bonchev–Trinajstić information content (AvgIpc) is 2.62. The van der Waals surface area contributed by atoms with Crippen molar-refractivity contribution < 1.29 is 18.0 Å². The SMILES string of the molecule is O=C(CCn1cnnn1)NCC(F)(F)F. The van der Waals surface area contributed by atoms with E-state index in [1.54, 1.807) is 5.32 Å². The van der Waals surface area contributed by atoms with Crippen LogP contribution in [0.15, 0.2) is 6.33 Å². The molecule has 15 heavy (non-hydrogen) atoms. The van der Waals surface area contributed by atoms with E-state index in [0.717, 1.165) is 0 Å². The minimum absolute atomic E-state index is 0.0961. The molecule has 0 saturated heterocycles. The van der Waals surface area contributed by atoms with E-state index in [1.807, 2.05) is 0 Å². The summed E-state index contributed by atoms with van der Waals surface area (Å²) in [6, 6.07) is 0. The van der Waals surface area contributed by atoms with Gasteiger partial charge in [-0.1, -0.05) is 0 Å². The van der Waals surface area contributed by atoms with Gasteiger partial charge in [-0.25, -0.2) is 4.68 Å². The number of aromatic nitrogens is 4. The summed E-state index contributed by atoms with van der Waals surface area (Å²) in [5.74, 6) is -0.692. The number of alkyl halides is 3. The number of halogens is 3. The zero-order chi connectivity index (χ0) is 11.3. The summed E-state index contributed by atoms with van der Waals surface area (Å²) in [7, 11) is 0. The third-order valence-electron chi connectivity index (χ3n) is 1.45. The monoisotopic (exact) mass is 223 g/mol. The minimum Gasteiger partial charge on any atom is -0.347 e. The molecule has 1 amide bonds. The zero-order valence-corrected chi connectivity index (χ0v) is 7.53. The van der Waals surface area contributed by atoms with E-state index in [0.29, 0.717) is 0 Å². The van der Waals surface area contributed by atoms with Crippen LogP contribution >= 0.6 is 0 Å². The lowest BCUT2D eigenvalue weighted by atomic mass is 10.4. The lowest BCUT2D eigenvalue weighted by Crippen LogP contribution is -2.34. The van der Waals surface area contributed by atoms with Crippen LogP contribution in [0.25, 0.3) is 0 Å². The molecule has 84 valence electrons. The summed E-state index contributed by atoms with van der Waals surface area (Å²) in [5, 5.41) is 11.8. The van der Waals surface area contributed by atoms with Crippen LogP contribution in [0.2, 0.25) is 0 Å². The first-order chi connectivity index (χ1) is 6.97. The van der Waals surface area contributed by atoms with Crippen molar-refractivity contribution in [3.8, 4) is 0 Å². The van der Waals surface area contributed by atoms with E-state index >= 15 is 0 Å². The highest BCUT2D eigenvalue weighted by Crippen LogP contribution is 2.12. The van der Waals surface area contributed by atoms with Crippen LogP contribution in [-0.4, -0.2) is 38.8 Å². The van der Waals surface area contributed by atoms with Crippen molar-refractivity contribution in [2.24, 2.45) is 0 Å². The molecule has 0 spiro atoms. The van der Waals surface area contributed by atoms with E-state index < -0.39 is 18.6 Å². The van der Waals surface area contributed by atoms with Crippen LogP contribution < -0.4 is 5.32 Å². The van der Waals surface area contributed by atoms with Crippen LogP contribution in [0.4, 0.5) is 13.2 Å². The molecule has 9 heteroatoms. The van der Waals surface area contributed by atoms with Gasteiger partial charge in [0.15, 0.2) is 0 Å². The predicted molar refractivity (Wildman–Crippen MR) is 41.5 cm³/mol. The second-order valence-corrected chi connectivity index (χ2v) is 2.71. The van der Waals surface area contributed by atoms with Gasteiger partial charge < -0.3 is 5.32 Å². The normalized spacial score (nSPS) is 11.4. The Bertz CT molecular complexity index is 309. The molecule has 0 aliphatic heterocycles. The van der Waals surface area contributed by atoms with E-state index in [2.05, 4.69) is 15.5 Å². The summed E-state index contributed by atoms with van der Waals surface area (Å²) < 4.78 is 36.3. The quantitative estimate of drug-likeness (QED) is 0.763. The maximum Gasteiger partial charge on any atom is 0.405 e. The molecule has 1 aromatic heterocycles. The summed E-state index contributed by atoms with van der Waals surface area (Å²) in [6.07, 6.45) is -3.21. The third-order valence-corrected chi connectivity index (χ3v) is 1.45. The van der Waals surface area contributed by atoms with Crippen LogP contribution in [0.1, 0.15) is 6.42 Å². The summed E-state index contributed by atoms with van der Waals surface area (Å²) in [6.45, 7) is -1.17. The molecule has 0 aliphatic carbocycles. The molecule has 1 heterocycles. The lowest BCUT2D eigenvalue weighted by Gasteiger charge is -2.07. The molecular formula is C6H8F3N5O. The highest BCUT2D eigenvalue weighted by atomic mass is 19.4. The van der Waals surface area contributed by atoms with Crippen LogP contribution in [0.3, 0.4) is 0 Å². The van der Waals surface area contributed by atoms with Crippen molar-refractivity contribution in [3.05, 3.63) is 6.33 Å². The van der Waals surface area contributed by atoms with E-state index in [9.17, 15) is 18.0 Å². The van der Waals surface area contributed by atoms with Gasteiger partial charge in [0.25, 0.3) is 0 Å². The van der Waals surface area contributed by atoms with E-state index in [4.69, 9.17) is 0 Å². The van der Waals surface area contributed by atoms with Gasteiger partial charge in [-0.15, -0.1) is 5.10 Å². The number of nitrogens with one attached hydrogen (secondary N) is 1. The number of hydrogen-bond acceptors (Lipinski definition) is 4. The first kappa shape index (κ1) is 11.4. The molecule has 0 atom stereocenters. The summed E-state index contributed by atoms with van der Waals surface area (Å²) in [5.41, 5.74) is 0. The number of nitrogens with zero attached hydrogens (tertiary/aromatic N) is 4. The molecular weight excluding hydrogens is 215 g/mol. The highest BCUT2D eigenvalue weighted by Gasteiger charge is 2.27. The standard InChI is InChI=1S/C6H8F3N5O/c7-6(8,9)3-10-5(15)1-2-14-4-11-12-13-14/h4H,1-3H2,(H,10,15). The molecule has 0 unspecified atom stereocenters. The minimum atomic E-state index is -4.38. The van der Waals surface area contributed by atoms with E-state index in [-0.39, 0.29) is 13.0 Å².